The van der Waals surface area contributed by atoms with E-state index in [0.717, 1.165) is 18.3 Å². The molecule has 3 rings (SSSR count). The van der Waals surface area contributed by atoms with Crippen LogP contribution in [0.15, 0.2) is 70.6 Å². The average molecular weight is 569 g/mol. The molecule has 1 aromatic heterocycles. The molecule has 15 heteroatoms. The number of aliphatic hydroxyl groups is 2. The lowest BCUT2D eigenvalue weighted by atomic mass is 9.93. The molecule has 13 nitrogen and oxygen atoms in total. The standard InChI is InChI=1S/C24H29FN3O10P/c1-5-12-23(33)20(31)24(25,37-21(23)28-13-11-18(29)26-22(28)32)14-35-39(34,38-17-9-7-6-8-10-17)27-16(4)19(30)36-15(2)3/h6-13,15-16,20-21,31,33H,1,14H2,2-4H3,(H,27,34)(H,26,29,32)/t16?,20-,21+,23+,24+,39?/m0/s1. The highest BCUT2D eigenvalue weighted by Gasteiger charge is 2.65. The Morgan fingerprint density at radius 1 is 1.33 bits per heavy atom. The Kier molecular flexibility index (Phi) is 9.14. The fraction of sp³-hybridized carbons (Fsp3) is 0.417. The summed E-state index contributed by atoms with van der Waals surface area (Å²) in [6.45, 7) is 6.50. The summed E-state index contributed by atoms with van der Waals surface area (Å²) in [7, 11) is -4.60. The minimum atomic E-state index is -4.60. The third kappa shape index (κ3) is 6.81. The summed E-state index contributed by atoms with van der Waals surface area (Å²) >= 11 is 0. The average Bonchev–Trinajstić information content (AvgIpc) is 3.05. The van der Waals surface area contributed by atoms with Crippen LogP contribution in [0.3, 0.4) is 0 Å². The molecule has 0 bridgehead atoms. The zero-order valence-electron chi connectivity index (χ0n) is 21.3. The smallest absolute Gasteiger partial charge is 0.459 e. The Labute approximate surface area is 222 Å². The number of aromatic amines is 1. The summed E-state index contributed by atoms with van der Waals surface area (Å²) in [4.78, 5) is 38.0. The number of para-hydroxylation sites is 1. The summed E-state index contributed by atoms with van der Waals surface area (Å²) < 4.78 is 51.4. The molecule has 2 aromatic rings. The van der Waals surface area contributed by atoms with Crippen LogP contribution in [0.1, 0.15) is 27.0 Å². The van der Waals surface area contributed by atoms with Gasteiger partial charge in [-0.05, 0) is 39.0 Å². The molecule has 2 heterocycles. The number of H-pyrrole nitrogens is 1. The van der Waals surface area contributed by atoms with Gasteiger partial charge in [0.2, 0.25) is 0 Å². The van der Waals surface area contributed by atoms with Gasteiger partial charge >= 0.3 is 19.4 Å². The first kappa shape index (κ1) is 30.2. The van der Waals surface area contributed by atoms with E-state index in [1.807, 2.05) is 4.98 Å². The Balaban J connectivity index is 1.93. The maximum Gasteiger partial charge on any atom is 0.459 e. The predicted molar refractivity (Wildman–Crippen MR) is 134 cm³/mol. The van der Waals surface area contributed by atoms with E-state index in [4.69, 9.17) is 18.5 Å². The molecule has 2 unspecified atom stereocenters. The van der Waals surface area contributed by atoms with Crippen molar-refractivity contribution >= 4 is 13.7 Å². The Morgan fingerprint density at radius 3 is 2.59 bits per heavy atom. The third-order valence-corrected chi connectivity index (χ3v) is 7.07. The number of hydrogen-bond donors (Lipinski definition) is 4. The normalized spacial score (nSPS) is 26.8. The van der Waals surface area contributed by atoms with Crippen molar-refractivity contribution in [3.63, 3.8) is 0 Å². The summed E-state index contributed by atoms with van der Waals surface area (Å²) in [5.41, 5.74) is -2.30. The third-order valence-electron chi connectivity index (χ3n) is 5.44. The molecule has 0 spiro atoms. The summed E-state index contributed by atoms with van der Waals surface area (Å²) in [6.07, 6.45) is -3.19. The monoisotopic (exact) mass is 569 g/mol. The number of carbonyl (C=O) groups is 1. The van der Waals surface area contributed by atoms with Gasteiger partial charge in [-0.2, -0.15) is 5.09 Å². The van der Waals surface area contributed by atoms with Gasteiger partial charge in [-0.15, -0.1) is 5.73 Å². The Morgan fingerprint density at radius 2 is 2.00 bits per heavy atom. The van der Waals surface area contributed by atoms with Gasteiger partial charge in [-0.25, -0.2) is 13.8 Å². The van der Waals surface area contributed by atoms with E-state index in [1.165, 1.54) is 19.1 Å². The van der Waals surface area contributed by atoms with Crippen LogP contribution in [0.4, 0.5) is 4.39 Å². The van der Waals surface area contributed by atoms with Crippen LogP contribution in [0.2, 0.25) is 0 Å². The largest absolute Gasteiger partial charge is 0.462 e. The molecule has 212 valence electrons. The molecule has 0 saturated carbocycles. The highest BCUT2D eigenvalue weighted by molar-refractivity contribution is 7.52. The molecular weight excluding hydrogens is 540 g/mol. The van der Waals surface area contributed by atoms with E-state index in [0.29, 0.717) is 4.57 Å². The van der Waals surface area contributed by atoms with Crippen molar-refractivity contribution < 1.29 is 42.5 Å². The molecule has 0 radical (unpaired) electrons. The second kappa shape index (κ2) is 11.8. The molecule has 1 aliphatic heterocycles. The van der Waals surface area contributed by atoms with Crippen molar-refractivity contribution in [1.82, 2.24) is 14.6 Å². The van der Waals surface area contributed by atoms with Crippen molar-refractivity contribution in [3.8, 4) is 5.75 Å². The van der Waals surface area contributed by atoms with Gasteiger partial charge in [-0.3, -0.25) is 23.7 Å². The number of nitrogens with zero attached hydrogens (tertiary/aromatic N) is 1. The highest BCUT2D eigenvalue weighted by atomic mass is 31.2. The molecule has 4 N–H and O–H groups in total. The number of benzene rings is 1. The number of carbonyl (C=O) groups excluding carboxylic acids is 1. The first-order valence-corrected chi connectivity index (χ1v) is 13.2. The minimum absolute atomic E-state index is 0.0299. The van der Waals surface area contributed by atoms with Crippen molar-refractivity contribution in [2.24, 2.45) is 0 Å². The fourth-order valence-electron chi connectivity index (χ4n) is 3.65. The SMILES string of the molecule is C=C=C[C@]1(O)[C@H](n2ccc(=O)[nH]c2=O)O[C@](F)(COP(=O)(NC(C)C(=O)OC(C)C)Oc2ccccc2)[C@H]1O. The molecular formula is C24H29FN3O10P. The first-order valence-electron chi connectivity index (χ1n) is 11.7. The van der Waals surface area contributed by atoms with E-state index in [1.54, 1.807) is 32.0 Å². The molecule has 39 heavy (non-hydrogen) atoms. The lowest BCUT2D eigenvalue weighted by molar-refractivity contribution is -0.204. The van der Waals surface area contributed by atoms with E-state index < -0.39 is 67.5 Å². The van der Waals surface area contributed by atoms with Crippen molar-refractivity contribution in [1.29, 1.82) is 0 Å². The second-order valence-electron chi connectivity index (χ2n) is 8.92. The quantitative estimate of drug-likeness (QED) is 0.174. The van der Waals surface area contributed by atoms with Gasteiger partial charge in [0.25, 0.3) is 11.4 Å². The van der Waals surface area contributed by atoms with Gasteiger partial charge in [0.15, 0.2) is 17.9 Å². The lowest BCUT2D eigenvalue weighted by Gasteiger charge is -2.29. The molecule has 0 amide bonds. The minimum Gasteiger partial charge on any atom is -0.462 e. The molecule has 1 aliphatic rings. The van der Waals surface area contributed by atoms with Crippen LogP contribution < -0.4 is 20.9 Å². The number of nitrogens with one attached hydrogen (secondary N) is 2. The van der Waals surface area contributed by atoms with Crippen LogP contribution in [-0.4, -0.2) is 62.0 Å². The van der Waals surface area contributed by atoms with E-state index in [-0.39, 0.29) is 5.75 Å². The number of rotatable bonds is 11. The molecule has 0 aliphatic carbocycles. The van der Waals surface area contributed by atoms with Crippen molar-refractivity contribution in [2.75, 3.05) is 6.61 Å². The number of aliphatic hydroxyl groups excluding tert-OH is 1. The second-order valence-corrected chi connectivity index (χ2v) is 10.6. The maximum atomic E-state index is 16.1. The number of aromatic nitrogens is 2. The zero-order chi connectivity index (χ0) is 29.0. The number of ether oxygens (including phenoxy) is 2. The van der Waals surface area contributed by atoms with E-state index in [2.05, 4.69) is 17.4 Å². The van der Waals surface area contributed by atoms with Crippen LogP contribution in [0.5, 0.6) is 5.75 Å². The van der Waals surface area contributed by atoms with Gasteiger partial charge in [0, 0.05) is 12.3 Å². The van der Waals surface area contributed by atoms with Crippen LogP contribution in [-0.2, 0) is 23.4 Å². The van der Waals surface area contributed by atoms with Crippen LogP contribution in [0, 0.1) is 0 Å². The van der Waals surface area contributed by atoms with E-state index in [9.17, 15) is 29.2 Å². The summed E-state index contributed by atoms with van der Waals surface area (Å²) in [5, 5.41) is 24.3. The number of alkyl halides is 1. The Bertz CT molecular complexity index is 1390. The molecule has 6 atom stereocenters. The number of esters is 1. The van der Waals surface area contributed by atoms with Gasteiger partial charge in [-0.1, -0.05) is 24.8 Å². The highest BCUT2D eigenvalue weighted by Crippen LogP contribution is 2.50. The Hall–Kier alpha value is -3.35. The zero-order valence-corrected chi connectivity index (χ0v) is 22.2. The molecule has 1 saturated heterocycles. The lowest BCUT2D eigenvalue weighted by Crippen LogP contribution is -2.51. The van der Waals surface area contributed by atoms with Crippen molar-refractivity contribution in [3.05, 3.63) is 81.8 Å². The topological polar surface area (TPSA) is 178 Å². The number of hydrogen-bond acceptors (Lipinski definition) is 10. The van der Waals surface area contributed by atoms with Crippen LogP contribution >= 0.6 is 7.75 Å². The predicted octanol–water partition coefficient (Wildman–Crippen LogP) is 1.30. The summed E-state index contributed by atoms with van der Waals surface area (Å²) in [6, 6.07) is 7.28. The molecule has 1 fully saturated rings. The fourth-order valence-corrected chi connectivity index (χ4v) is 5.16. The first-order chi connectivity index (χ1) is 18.2. The van der Waals surface area contributed by atoms with Crippen LogP contribution in [0.25, 0.3) is 0 Å². The number of halogens is 1. The van der Waals surface area contributed by atoms with E-state index >= 15 is 4.39 Å². The molecule has 1 aromatic carbocycles. The van der Waals surface area contributed by atoms with Gasteiger partial charge in [0.1, 0.15) is 18.4 Å². The van der Waals surface area contributed by atoms with Gasteiger partial charge < -0.3 is 24.2 Å². The van der Waals surface area contributed by atoms with Crippen molar-refractivity contribution in [2.45, 2.75) is 56.7 Å². The van der Waals surface area contributed by atoms with Gasteiger partial charge in [0.05, 0.1) is 6.10 Å². The summed E-state index contributed by atoms with van der Waals surface area (Å²) in [5.74, 6) is -4.08. The maximum absolute atomic E-state index is 16.1.